The van der Waals surface area contributed by atoms with Crippen LogP contribution in [0.1, 0.15) is 0 Å². The first-order valence-electron chi connectivity index (χ1n) is 6.01. The minimum absolute atomic E-state index is 0.0999. The summed E-state index contributed by atoms with van der Waals surface area (Å²) in [6, 6.07) is 16.9. The van der Waals surface area contributed by atoms with E-state index in [1.165, 1.54) is 0 Å². The molecule has 0 aliphatic heterocycles. The van der Waals surface area contributed by atoms with Gasteiger partial charge in [-0.25, -0.2) is 0 Å². The molecule has 0 aliphatic carbocycles. The number of para-hydroxylation sites is 1. The molecule has 4 heteroatoms. The first-order valence-corrected chi connectivity index (χ1v) is 6.01. The second-order valence-electron chi connectivity index (χ2n) is 4.00. The lowest BCUT2D eigenvalue weighted by atomic mass is 10.3. The highest BCUT2D eigenvalue weighted by Gasteiger charge is 2.02. The molecular weight excluding hydrogens is 240 g/mol. The van der Waals surface area contributed by atoms with Crippen LogP contribution in [0.5, 0.6) is 5.75 Å². The minimum Gasteiger partial charge on any atom is -0.497 e. The molecule has 0 aromatic heterocycles. The van der Waals surface area contributed by atoms with Gasteiger partial charge in [-0.05, 0) is 24.3 Å². The average Bonchev–Trinajstić information content (AvgIpc) is 2.46. The number of ether oxygens (including phenoxy) is 1. The lowest BCUT2D eigenvalue weighted by molar-refractivity contribution is -0.114. The van der Waals surface area contributed by atoms with E-state index < -0.39 is 0 Å². The third kappa shape index (κ3) is 4.03. The summed E-state index contributed by atoms with van der Waals surface area (Å²) in [5, 5.41) is 5.86. The number of carbonyl (C=O) groups is 1. The van der Waals surface area contributed by atoms with Gasteiger partial charge in [-0.15, -0.1) is 0 Å². The Morgan fingerprint density at radius 1 is 1.05 bits per heavy atom. The number of hydrogen-bond donors (Lipinski definition) is 2. The molecule has 4 nitrogen and oxygen atoms in total. The predicted molar refractivity (Wildman–Crippen MR) is 76.6 cm³/mol. The quantitative estimate of drug-likeness (QED) is 0.864. The fourth-order valence-electron chi connectivity index (χ4n) is 1.64. The van der Waals surface area contributed by atoms with Gasteiger partial charge in [0.25, 0.3) is 0 Å². The summed E-state index contributed by atoms with van der Waals surface area (Å²) >= 11 is 0. The van der Waals surface area contributed by atoms with Crippen molar-refractivity contribution in [2.24, 2.45) is 0 Å². The van der Waals surface area contributed by atoms with E-state index >= 15 is 0 Å². The lowest BCUT2D eigenvalue weighted by Gasteiger charge is -2.08. The van der Waals surface area contributed by atoms with Gasteiger partial charge in [0, 0.05) is 17.4 Å². The molecule has 0 saturated heterocycles. The van der Waals surface area contributed by atoms with E-state index in [0.29, 0.717) is 5.75 Å². The number of amides is 1. The third-order valence-electron chi connectivity index (χ3n) is 2.58. The standard InChI is InChI=1S/C15H16N2O2/c1-19-14-9-5-8-13(10-14)17-15(18)11-16-12-6-3-2-4-7-12/h2-10,16H,11H2,1H3,(H,17,18). The second kappa shape index (κ2) is 6.44. The monoisotopic (exact) mass is 256 g/mol. The number of carbonyl (C=O) groups excluding carboxylic acids is 1. The number of anilines is 2. The van der Waals surface area contributed by atoms with Gasteiger partial charge >= 0.3 is 0 Å². The van der Waals surface area contributed by atoms with Crippen molar-refractivity contribution in [3.8, 4) is 5.75 Å². The Labute approximate surface area is 112 Å². The SMILES string of the molecule is COc1cccc(NC(=O)CNc2ccccc2)c1. The molecule has 98 valence electrons. The molecule has 2 aromatic rings. The summed E-state index contributed by atoms with van der Waals surface area (Å²) in [6.45, 7) is 0.223. The van der Waals surface area contributed by atoms with Gasteiger partial charge in [0.1, 0.15) is 5.75 Å². The molecule has 0 saturated carbocycles. The smallest absolute Gasteiger partial charge is 0.243 e. The van der Waals surface area contributed by atoms with E-state index in [9.17, 15) is 4.79 Å². The van der Waals surface area contributed by atoms with Gasteiger partial charge in [-0.3, -0.25) is 4.79 Å². The Bertz CT molecular complexity index is 541. The molecule has 1 amide bonds. The molecular formula is C15H16N2O2. The summed E-state index contributed by atoms with van der Waals surface area (Å²) < 4.78 is 5.10. The zero-order valence-corrected chi connectivity index (χ0v) is 10.7. The molecule has 0 radical (unpaired) electrons. The molecule has 0 unspecified atom stereocenters. The molecule has 19 heavy (non-hydrogen) atoms. The molecule has 0 spiro atoms. The van der Waals surface area contributed by atoms with Crippen molar-refractivity contribution in [3.05, 3.63) is 54.6 Å². The van der Waals surface area contributed by atoms with E-state index in [0.717, 1.165) is 11.4 Å². The van der Waals surface area contributed by atoms with Crippen LogP contribution >= 0.6 is 0 Å². The second-order valence-corrected chi connectivity index (χ2v) is 4.00. The van der Waals surface area contributed by atoms with Crippen LogP contribution in [0.4, 0.5) is 11.4 Å². The first-order chi connectivity index (χ1) is 9.28. The summed E-state index contributed by atoms with van der Waals surface area (Å²) in [5.74, 6) is 0.617. The number of nitrogens with one attached hydrogen (secondary N) is 2. The van der Waals surface area contributed by atoms with Crippen LogP contribution < -0.4 is 15.4 Å². The van der Waals surface area contributed by atoms with Crippen LogP contribution in [-0.4, -0.2) is 19.6 Å². The number of hydrogen-bond acceptors (Lipinski definition) is 3. The van der Waals surface area contributed by atoms with Crippen LogP contribution in [0.25, 0.3) is 0 Å². The van der Waals surface area contributed by atoms with Gasteiger partial charge in [-0.2, -0.15) is 0 Å². The average molecular weight is 256 g/mol. The summed E-state index contributed by atoms with van der Waals surface area (Å²) in [7, 11) is 1.60. The predicted octanol–water partition coefficient (Wildman–Crippen LogP) is 2.75. The van der Waals surface area contributed by atoms with Crippen molar-refractivity contribution in [2.45, 2.75) is 0 Å². The summed E-state index contributed by atoms with van der Waals surface area (Å²) in [4.78, 5) is 11.8. The Morgan fingerprint density at radius 2 is 1.79 bits per heavy atom. The van der Waals surface area contributed by atoms with Crippen molar-refractivity contribution in [1.29, 1.82) is 0 Å². The van der Waals surface area contributed by atoms with E-state index in [2.05, 4.69) is 10.6 Å². The molecule has 2 N–H and O–H groups in total. The largest absolute Gasteiger partial charge is 0.497 e. The van der Waals surface area contributed by atoms with Crippen molar-refractivity contribution in [3.63, 3.8) is 0 Å². The van der Waals surface area contributed by atoms with Crippen molar-refractivity contribution >= 4 is 17.3 Å². The maximum atomic E-state index is 11.8. The van der Waals surface area contributed by atoms with Gasteiger partial charge < -0.3 is 15.4 Å². The fraction of sp³-hybridized carbons (Fsp3) is 0.133. The van der Waals surface area contributed by atoms with Gasteiger partial charge in [0.2, 0.25) is 5.91 Å². The molecule has 0 heterocycles. The third-order valence-corrected chi connectivity index (χ3v) is 2.58. The topological polar surface area (TPSA) is 50.4 Å². The fourth-order valence-corrected chi connectivity index (χ4v) is 1.64. The Hall–Kier alpha value is -2.49. The van der Waals surface area contributed by atoms with Crippen molar-refractivity contribution in [2.75, 3.05) is 24.3 Å². The lowest BCUT2D eigenvalue weighted by Crippen LogP contribution is -2.21. The molecule has 0 fully saturated rings. The highest BCUT2D eigenvalue weighted by atomic mass is 16.5. The van der Waals surface area contributed by atoms with Crippen LogP contribution in [0.15, 0.2) is 54.6 Å². The van der Waals surface area contributed by atoms with E-state index in [4.69, 9.17) is 4.74 Å². The minimum atomic E-state index is -0.0999. The molecule has 2 aromatic carbocycles. The summed E-state index contributed by atoms with van der Waals surface area (Å²) in [6.07, 6.45) is 0. The maximum absolute atomic E-state index is 11.8. The number of methoxy groups -OCH3 is 1. The zero-order valence-electron chi connectivity index (χ0n) is 10.7. The molecule has 0 bridgehead atoms. The Balaban J connectivity index is 1.87. The van der Waals surface area contributed by atoms with Gasteiger partial charge in [0.05, 0.1) is 13.7 Å². The van der Waals surface area contributed by atoms with Crippen LogP contribution in [-0.2, 0) is 4.79 Å². The van der Waals surface area contributed by atoms with Gasteiger partial charge in [-0.1, -0.05) is 24.3 Å². The Kier molecular flexibility index (Phi) is 4.39. The van der Waals surface area contributed by atoms with Crippen molar-refractivity contribution < 1.29 is 9.53 Å². The normalized spacial score (nSPS) is 9.74. The zero-order chi connectivity index (χ0) is 13.5. The molecule has 0 aliphatic rings. The maximum Gasteiger partial charge on any atom is 0.243 e. The van der Waals surface area contributed by atoms with E-state index in [1.54, 1.807) is 13.2 Å². The molecule has 2 rings (SSSR count). The summed E-state index contributed by atoms with van der Waals surface area (Å²) in [5.41, 5.74) is 1.64. The highest BCUT2D eigenvalue weighted by molar-refractivity contribution is 5.93. The number of benzene rings is 2. The highest BCUT2D eigenvalue weighted by Crippen LogP contribution is 2.16. The van der Waals surface area contributed by atoms with E-state index in [1.807, 2.05) is 48.5 Å². The number of rotatable bonds is 5. The van der Waals surface area contributed by atoms with Crippen LogP contribution in [0, 0.1) is 0 Å². The van der Waals surface area contributed by atoms with Gasteiger partial charge in [0.15, 0.2) is 0 Å². The first kappa shape index (κ1) is 13.0. The van der Waals surface area contributed by atoms with Crippen molar-refractivity contribution in [1.82, 2.24) is 0 Å². The Morgan fingerprint density at radius 3 is 2.53 bits per heavy atom. The van der Waals surface area contributed by atoms with Crippen LogP contribution in [0.2, 0.25) is 0 Å². The van der Waals surface area contributed by atoms with E-state index in [-0.39, 0.29) is 12.5 Å². The van der Waals surface area contributed by atoms with Crippen LogP contribution in [0.3, 0.4) is 0 Å². The molecule has 0 atom stereocenters.